The van der Waals surface area contributed by atoms with Crippen LogP contribution in [0.2, 0.25) is 0 Å². The number of aliphatic hydroxyl groups is 3. The van der Waals surface area contributed by atoms with Crippen LogP contribution in [0, 0.1) is 34.5 Å². The Morgan fingerprint density at radius 2 is 2.20 bits per heavy atom. The fourth-order valence-electron chi connectivity index (χ4n) is 5.92. The highest BCUT2D eigenvalue weighted by Crippen LogP contribution is 2.81. The van der Waals surface area contributed by atoms with E-state index in [1.165, 1.54) is 0 Å². The summed E-state index contributed by atoms with van der Waals surface area (Å²) in [4.78, 5) is 12.3. The predicted octanol–water partition coefficient (Wildman–Crippen LogP) is -0.0741. The lowest BCUT2D eigenvalue weighted by molar-refractivity contribution is -0.147. The van der Waals surface area contributed by atoms with E-state index in [2.05, 4.69) is 0 Å². The second-order valence-electron chi connectivity index (χ2n) is 7.41. The molecule has 3 saturated carbocycles. The van der Waals surface area contributed by atoms with E-state index in [-0.39, 0.29) is 53.7 Å². The van der Waals surface area contributed by atoms with E-state index in [0.717, 1.165) is 19.3 Å². The Morgan fingerprint density at radius 3 is 2.80 bits per heavy atom. The van der Waals surface area contributed by atoms with Crippen LogP contribution in [0.5, 0.6) is 0 Å². The molecule has 8 atom stereocenters. The summed E-state index contributed by atoms with van der Waals surface area (Å²) in [6.45, 7) is 2.01. The number of aliphatic hydroxyl groups excluding tert-OH is 3. The summed E-state index contributed by atoms with van der Waals surface area (Å²) in [6, 6.07) is 0. The summed E-state index contributed by atoms with van der Waals surface area (Å²) in [5, 5.41) is 30.0. The van der Waals surface area contributed by atoms with Crippen LogP contribution in [0.4, 0.5) is 0 Å². The normalized spacial score (nSPS) is 57.0. The number of rotatable bonds is 3. The topological polar surface area (TPSA) is 87.0 Å². The smallest absolute Gasteiger partial charge is 0.310 e. The molecule has 1 spiro atoms. The fraction of sp³-hybridized carbons (Fsp3) is 0.933. The molecular formula is C15H22O5. The van der Waals surface area contributed by atoms with Gasteiger partial charge in [-0.15, -0.1) is 0 Å². The summed E-state index contributed by atoms with van der Waals surface area (Å²) < 4.78 is 5.47. The molecule has 0 aromatic rings. The van der Waals surface area contributed by atoms with Gasteiger partial charge in [-0.25, -0.2) is 0 Å². The highest BCUT2D eigenvalue weighted by molar-refractivity contribution is 5.77. The van der Waals surface area contributed by atoms with Gasteiger partial charge in [-0.2, -0.15) is 0 Å². The highest BCUT2D eigenvalue weighted by atomic mass is 16.6. The van der Waals surface area contributed by atoms with Crippen LogP contribution in [0.3, 0.4) is 0 Å². The third kappa shape index (κ3) is 1.16. The average molecular weight is 282 g/mol. The van der Waals surface area contributed by atoms with Crippen LogP contribution in [0.25, 0.3) is 0 Å². The number of carbonyl (C=O) groups excluding carboxylic acids is 1. The molecule has 0 radical (unpaired) electrons. The molecule has 4 fully saturated rings. The van der Waals surface area contributed by atoms with Gasteiger partial charge in [0, 0.05) is 30.0 Å². The zero-order valence-corrected chi connectivity index (χ0v) is 11.7. The lowest BCUT2D eigenvalue weighted by Crippen LogP contribution is -2.52. The minimum Gasteiger partial charge on any atom is -0.459 e. The van der Waals surface area contributed by atoms with Gasteiger partial charge in [-0.05, 0) is 31.1 Å². The second kappa shape index (κ2) is 3.76. The zero-order valence-electron chi connectivity index (χ0n) is 11.7. The Balaban J connectivity index is 1.76. The third-order valence-electron chi connectivity index (χ3n) is 6.93. The van der Waals surface area contributed by atoms with Gasteiger partial charge < -0.3 is 20.1 Å². The van der Waals surface area contributed by atoms with E-state index in [4.69, 9.17) is 4.74 Å². The van der Waals surface area contributed by atoms with E-state index in [1.54, 1.807) is 0 Å². The molecule has 0 amide bonds. The number of fused-ring (bicyclic) bond motifs is 3. The first-order valence-electron chi connectivity index (χ1n) is 7.63. The second-order valence-corrected chi connectivity index (χ2v) is 7.41. The molecule has 20 heavy (non-hydrogen) atoms. The Kier molecular flexibility index (Phi) is 2.45. The average Bonchev–Trinajstić information content (AvgIpc) is 2.87. The zero-order chi connectivity index (χ0) is 14.3. The van der Waals surface area contributed by atoms with Crippen molar-refractivity contribution in [2.75, 3.05) is 13.2 Å². The first kappa shape index (κ1) is 13.0. The van der Waals surface area contributed by atoms with Crippen molar-refractivity contribution in [3.63, 3.8) is 0 Å². The molecular weight excluding hydrogens is 260 g/mol. The predicted molar refractivity (Wildman–Crippen MR) is 68.4 cm³/mol. The molecule has 5 nitrogen and oxygen atoms in total. The molecule has 3 N–H and O–H groups in total. The van der Waals surface area contributed by atoms with E-state index < -0.39 is 12.2 Å². The first-order chi connectivity index (χ1) is 9.52. The Morgan fingerprint density at radius 1 is 1.45 bits per heavy atom. The number of carbonyl (C=O) groups is 1. The minimum absolute atomic E-state index is 0.00584. The van der Waals surface area contributed by atoms with Crippen molar-refractivity contribution in [2.24, 2.45) is 34.5 Å². The summed E-state index contributed by atoms with van der Waals surface area (Å²) in [7, 11) is 0. The molecule has 112 valence electrons. The lowest BCUT2D eigenvalue weighted by atomic mass is 9.60. The van der Waals surface area contributed by atoms with Crippen molar-refractivity contribution in [2.45, 2.75) is 38.4 Å². The number of hydrogen-bond acceptors (Lipinski definition) is 5. The van der Waals surface area contributed by atoms with Crippen LogP contribution >= 0.6 is 0 Å². The van der Waals surface area contributed by atoms with Crippen molar-refractivity contribution >= 4 is 5.97 Å². The van der Waals surface area contributed by atoms with Crippen LogP contribution in [0.15, 0.2) is 0 Å². The number of esters is 1. The molecule has 1 aliphatic heterocycles. The number of ether oxygens (including phenoxy) is 1. The van der Waals surface area contributed by atoms with E-state index in [9.17, 15) is 20.1 Å². The highest BCUT2D eigenvalue weighted by Gasteiger charge is 2.83. The monoisotopic (exact) mass is 282 g/mol. The SMILES string of the molecule is CC(CO)[C@@H]1[C@@H]2OC(=O)[C@H]1[C@@H]1CC[C@@]3(CO)C[C@@]13[C@@H]2O. The molecule has 1 heterocycles. The van der Waals surface area contributed by atoms with Gasteiger partial charge in [0.2, 0.25) is 0 Å². The van der Waals surface area contributed by atoms with Crippen molar-refractivity contribution in [1.82, 2.24) is 0 Å². The largest absolute Gasteiger partial charge is 0.459 e. The van der Waals surface area contributed by atoms with Gasteiger partial charge in [0.05, 0.1) is 12.0 Å². The summed E-state index contributed by atoms with van der Waals surface area (Å²) in [6.07, 6.45) is 1.38. The molecule has 4 rings (SSSR count). The molecule has 4 aliphatic rings. The van der Waals surface area contributed by atoms with Gasteiger partial charge in [0.25, 0.3) is 0 Å². The van der Waals surface area contributed by atoms with E-state index in [0.29, 0.717) is 0 Å². The van der Waals surface area contributed by atoms with E-state index >= 15 is 0 Å². The van der Waals surface area contributed by atoms with Gasteiger partial charge >= 0.3 is 5.97 Å². The van der Waals surface area contributed by atoms with Crippen molar-refractivity contribution in [1.29, 1.82) is 0 Å². The van der Waals surface area contributed by atoms with Crippen LogP contribution in [-0.4, -0.2) is 46.7 Å². The van der Waals surface area contributed by atoms with Gasteiger partial charge in [-0.1, -0.05) is 6.92 Å². The minimum atomic E-state index is -0.691. The van der Waals surface area contributed by atoms with E-state index in [1.807, 2.05) is 6.92 Å². The van der Waals surface area contributed by atoms with Crippen molar-refractivity contribution in [3.05, 3.63) is 0 Å². The maximum Gasteiger partial charge on any atom is 0.310 e. The molecule has 1 unspecified atom stereocenters. The fourth-order valence-corrected chi connectivity index (χ4v) is 5.92. The van der Waals surface area contributed by atoms with Gasteiger partial charge in [-0.3, -0.25) is 4.79 Å². The summed E-state index contributed by atoms with van der Waals surface area (Å²) >= 11 is 0. The molecule has 2 bridgehead atoms. The Bertz CT molecular complexity index is 465. The van der Waals surface area contributed by atoms with Crippen LogP contribution in [0.1, 0.15) is 26.2 Å². The molecule has 1 saturated heterocycles. The Hall–Kier alpha value is -0.650. The summed E-state index contributed by atoms with van der Waals surface area (Å²) in [5.74, 6) is -0.446. The van der Waals surface area contributed by atoms with Crippen LogP contribution < -0.4 is 0 Å². The molecule has 0 aromatic heterocycles. The first-order valence-corrected chi connectivity index (χ1v) is 7.63. The van der Waals surface area contributed by atoms with Crippen LogP contribution in [-0.2, 0) is 9.53 Å². The standard InChI is InChI=1S/C15H22O5/c1-7(4-16)9-10-8-2-3-14(6-17)5-15(8,14)12(18)11(9)20-13(10)19/h7-12,16-18H,2-6H2,1H3/t7?,8-,9-,10-,11-,12+,14-,15-/m0/s1. The van der Waals surface area contributed by atoms with Crippen molar-refractivity contribution in [3.8, 4) is 0 Å². The van der Waals surface area contributed by atoms with Gasteiger partial charge in [0.15, 0.2) is 0 Å². The quantitative estimate of drug-likeness (QED) is 0.631. The Labute approximate surface area is 117 Å². The summed E-state index contributed by atoms with van der Waals surface area (Å²) in [5.41, 5.74) is -0.496. The maximum absolute atomic E-state index is 12.3. The number of hydrogen-bond donors (Lipinski definition) is 3. The molecule has 5 heteroatoms. The molecule has 0 aromatic carbocycles. The maximum atomic E-state index is 12.3. The molecule has 3 aliphatic carbocycles. The van der Waals surface area contributed by atoms with Crippen molar-refractivity contribution < 1.29 is 24.9 Å². The third-order valence-corrected chi connectivity index (χ3v) is 6.93. The lowest BCUT2D eigenvalue weighted by Gasteiger charge is -2.43. The van der Waals surface area contributed by atoms with Gasteiger partial charge in [0.1, 0.15) is 6.10 Å².